The number of hydrogen-bond donors (Lipinski definition) is 0. The maximum absolute atomic E-state index is 13.3. The molecule has 33 heavy (non-hydrogen) atoms. The fraction of sp³-hybridized carbons (Fsp3) is 0.321. The topological polar surface area (TPSA) is 53.5 Å². The van der Waals surface area contributed by atoms with Gasteiger partial charge >= 0.3 is 0 Å². The molecular weight excluding hydrogens is 410 g/mol. The highest BCUT2D eigenvalue weighted by molar-refractivity contribution is 5.82. The first-order chi connectivity index (χ1) is 16.1. The summed E-state index contributed by atoms with van der Waals surface area (Å²) in [4.78, 5) is 34.3. The van der Waals surface area contributed by atoms with Gasteiger partial charge in [-0.1, -0.05) is 60.7 Å². The van der Waals surface area contributed by atoms with Gasteiger partial charge in [0.1, 0.15) is 0 Å². The van der Waals surface area contributed by atoms with Gasteiger partial charge in [-0.3, -0.25) is 14.6 Å². The quantitative estimate of drug-likeness (QED) is 0.551. The lowest BCUT2D eigenvalue weighted by molar-refractivity contribution is -0.134. The molecule has 0 unspecified atom stereocenters. The lowest BCUT2D eigenvalue weighted by Crippen LogP contribution is -2.38. The number of aryl methyl sites for hydroxylation is 1. The van der Waals surface area contributed by atoms with E-state index in [0.29, 0.717) is 39.0 Å². The van der Waals surface area contributed by atoms with E-state index in [1.54, 1.807) is 6.20 Å². The lowest BCUT2D eigenvalue weighted by Gasteiger charge is -2.24. The molecule has 2 aromatic carbocycles. The van der Waals surface area contributed by atoms with Crippen molar-refractivity contribution in [1.82, 2.24) is 14.8 Å². The van der Waals surface area contributed by atoms with Crippen LogP contribution in [0.15, 0.2) is 79.1 Å². The van der Waals surface area contributed by atoms with E-state index in [9.17, 15) is 9.59 Å². The van der Waals surface area contributed by atoms with Crippen molar-refractivity contribution in [2.75, 3.05) is 26.2 Å². The Morgan fingerprint density at radius 1 is 0.970 bits per heavy atom. The minimum atomic E-state index is -0.239. The molecule has 0 saturated carbocycles. The summed E-state index contributed by atoms with van der Waals surface area (Å²) in [6.07, 6.45) is 5.42. The summed E-state index contributed by atoms with van der Waals surface area (Å²) in [5, 5.41) is 0. The Morgan fingerprint density at radius 2 is 1.76 bits per heavy atom. The maximum atomic E-state index is 13.3. The highest BCUT2D eigenvalue weighted by Crippen LogP contribution is 2.23. The Labute approximate surface area is 196 Å². The minimum Gasteiger partial charge on any atom is -0.341 e. The second-order valence-corrected chi connectivity index (χ2v) is 8.59. The summed E-state index contributed by atoms with van der Waals surface area (Å²) in [6, 6.07) is 22.3. The molecule has 1 saturated heterocycles. The summed E-state index contributed by atoms with van der Waals surface area (Å²) in [5.41, 5.74) is 4.41. The van der Waals surface area contributed by atoms with Gasteiger partial charge in [-0.05, 0) is 48.1 Å². The molecule has 170 valence electrons. The Bertz CT molecular complexity index is 1070. The van der Waals surface area contributed by atoms with Gasteiger partial charge in [0, 0.05) is 45.0 Å². The molecule has 5 nitrogen and oxygen atoms in total. The van der Waals surface area contributed by atoms with E-state index in [1.807, 2.05) is 59.3 Å². The number of carbonyl (C=O) groups excluding carboxylic acids is 2. The lowest BCUT2D eigenvalue weighted by atomic mass is 9.95. The van der Waals surface area contributed by atoms with Crippen molar-refractivity contribution in [2.45, 2.75) is 26.2 Å². The third kappa shape index (κ3) is 5.86. The summed E-state index contributed by atoms with van der Waals surface area (Å²) < 4.78 is 0. The molecule has 0 aliphatic carbocycles. The zero-order chi connectivity index (χ0) is 23.0. The highest BCUT2D eigenvalue weighted by Gasteiger charge is 2.31. The van der Waals surface area contributed by atoms with Crippen molar-refractivity contribution in [2.24, 2.45) is 5.92 Å². The first-order valence-electron chi connectivity index (χ1n) is 11.7. The fourth-order valence-corrected chi connectivity index (χ4v) is 4.49. The van der Waals surface area contributed by atoms with Crippen molar-refractivity contribution in [1.29, 1.82) is 0 Å². The average molecular weight is 442 g/mol. The highest BCUT2D eigenvalue weighted by atomic mass is 16.2. The van der Waals surface area contributed by atoms with Gasteiger partial charge in [0.25, 0.3) is 0 Å². The number of nitrogens with zero attached hydrogens (tertiary/aromatic N) is 3. The Balaban J connectivity index is 1.48. The van der Waals surface area contributed by atoms with Crippen LogP contribution in [0, 0.1) is 5.92 Å². The molecule has 1 aliphatic heterocycles. The van der Waals surface area contributed by atoms with Crippen LogP contribution in [-0.4, -0.2) is 52.8 Å². The van der Waals surface area contributed by atoms with Crippen molar-refractivity contribution < 1.29 is 9.59 Å². The van der Waals surface area contributed by atoms with Crippen LogP contribution in [0.1, 0.15) is 24.5 Å². The molecule has 2 amide bonds. The molecule has 0 spiro atoms. The van der Waals surface area contributed by atoms with Gasteiger partial charge < -0.3 is 9.80 Å². The van der Waals surface area contributed by atoms with Gasteiger partial charge in [0.05, 0.1) is 5.92 Å². The first-order valence-corrected chi connectivity index (χ1v) is 11.7. The van der Waals surface area contributed by atoms with Crippen molar-refractivity contribution in [3.8, 4) is 11.1 Å². The predicted octanol–water partition coefficient (Wildman–Crippen LogP) is 4.23. The van der Waals surface area contributed by atoms with Gasteiger partial charge in [-0.2, -0.15) is 0 Å². The normalized spacial score (nSPS) is 16.5. The Morgan fingerprint density at radius 3 is 2.52 bits per heavy atom. The molecule has 3 aromatic rings. The van der Waals surface area contributed by atoms with Gasteiger partial charge in [-0.15, -0.1) is 0 Å². The van der Waals surface area contributed by atoms with Crippen LogP contribution in [-0.2, 0) is 22.4 Å². The number of rotatable bonds is 7. The van der Waals surface area contributed by atoms with Crippen LogP contribution < -0.4 is 0 Å². The number of aromatic nitrogens is 1. The molecule has 2 heterocycles. The molecule has 1 atom stereocenters. The van der Waals surface area contributed by atoms with Crippen LogP contribution in [0.5, 0.6) is 0 Å². The van der Waals surface area contributed by atoms with Gasteiger partial charge in [0.15, 0.2) is 0 Å². The zero-order valence-corrected chi connectivity index (χ0v) is 19.2. The van der Waals surface area contributed by atoms with E-state index in [-0.39, 0.29) is 17.7 Å². The molecule has 1 aliphatic rings. The maximum Gasteiger partial charge on any atom is 0.227 e. The number of likely N-dealkylation sites (N-methyl/N-ethyl adjacent to an activating group) is 1. The van der Waals surface area contributed by atoms with E-state index in [1.165, 1.54) is 0 Å². The monoisotopic (exact) mass is 441 g/mol. The molecular formula is C28H31N3O2. The van der Waals surface area contributed by atoms with Crippen LogP contribution >= 0.6 is 0 Å². The van der Waals surface area contributed by atoms with Crippen molar-refractivity contribution in [3.63, 3.8) is 0 Å². The van der Waals surface area contributed by atoms with Crippen LogP contribution in [0.2, 0.25) is 0 Å². The second kappa shape index (κ2) is 10.9. The van der Waals surface area contributed by atoms with E-state index in [4.69, 9.17) is 0 Å². The zero-order valence-electron chi connectivity index (χ0n) is 19.2. The predicted molar refractivity (Wildman–Crippen MR) is 130 cm³/mol. The summed E-state index contributed by atoms with van der Waals surface area (Å²) in [5.74, 6) is 0.0265. The van der Waals surface area contributed by atoms with Crippen molar-refractivity contribution >= 4 is 11.8 Å². The number of pyridine rings is 1. The number of carbonyl (C=O) groups is 2. The smallest absolute Gasteiger partial charge is 0.227 e. The molecule has 0 bridgehead atoms. The van der Waals surface area contributed by atoms with E-state index in [0.717, 1.165) is 28.7 Å². The second-order valence-electron chi connectivity index (χ2n) is 8.59. The molecule has 5 heteroatoms. The molecule has 0 radical (unpaired) electrons. The molecule has 4 rings (SSSR count). The van der Waals surface area contributed by atoms with E-state index < -0.39 is 0 Å². The third-order valence-corrected chi connectivity index (χ3v) is 6.35. The number of hydrogen-bond acceptors (Lipinski definition) is 3. The standard InChI is InChI=1S/C28H31N3O2/c1-2-30-16-17-31(27(32)14-13-22-8-4-3-5-9-22)21-26(28(30)33)19-23-10-6-11-24(18-23)25-12-7-15-29-20-25/h3-12,15,18,20,26H,2,13-14,16-17,19,21H2,1H3/t26-/m1/s1. The summed E-state index contributed by atoms with van der Waals surface area (Å²) in [6.45, 7) is 4.33. The SMILES string of the molecule is CCN1CCN(C(=O)CCc2ccccc2)C[C@@H](Cc2cccc(-c3cccnc3)c2)C1=O. The van der Waals surface area contributed by atoms with Crippen molar-refractivity contribution in [3.05, 3.63) is 90.3 Å². The minimum absolute atomic E-state index is 0.124. The molecule has 0 N–H and O–H groups in total. The summed E-state index contributed by atoms with van der Waals surface area (Å²) in [7, 11) is 0. The fourth-order valence-electron chi connectivity index (χ4n) is 4.49. The largest absolute Gasteiger partial charge is 0.341 e. The number of benzene rings is 2. The van der Waals surface area contributed by atoms with Gasteiger partial charge in [-0.25, -0.2) is 0 Å². The number of amides is 2. The van der Waals surface area contributed by atoms with E-state index in [2.05, 4.69) is 35.3 Å². The van der Waals surface area contributed by atoms with E-state index >= 15 is 0 Å². The van der Waals surface area contributed by atoms with Crippen LogP contribution in [0.3, 0.4) is 0 Å². The Kier molecular flexibility index (Phi) is 7.51. The third-order valence-electron chi connectivity index (χ3n) is 6.35. The average Bonchev–Trinajstić information content (AvgIpc) is 3.02. The first kappa shape index (κ1) is 22.7. The van der Waals surface area contributed by atoms with Gasteiger partial charge in [0.2, 0.25) is 11.8 Å². The van der Waals surface area contributed by atoms with Crippen LogP contribution in [0.25, 0.3) is 11.1 Å². The molecule has 1 aromatic heterocycles. The summed E-state index contributed by atoms with van der Waals surface area (Å²) >= 11 is 0. The molecule has 1 fully saturated rings. The Hall–Kier alpha value is -3.47. The van der Waals surface area contributed by atoms with Crippen LogP contribution in [0.4, 0.5) is 0 Å².